The summed E-state index contributed by atoms with van der Waals surface area (Å²) in [6.45, 7) is 3.11. The topological polar surface area (TPSA) is 103 Å². The maximum atomic E-state index is 12.1. The third-order valence-corrected chi connectivity index (χ3v) is 4.13. The Bertz CT molecular complexity index is 1050. The number of benzene rings is 2. The molecule has 1 aromatic heterocycles. The number of para-hydroxylation sites is 1. The van der Waals surface area contributed by atoms with Crippen LogP contribution in [0.25, 0.3) is 11.5 Å². The van der Waals surface area contributed by atoms with Crippen LogP contribution in [0, 0.1) is 0 Å². The molecular weight excluding hydrogens is 374 g/mol. The van der Waals surface area contributed by atoms with Gasteiger partial charge in [-0.2, -0.15) is 4.68 Å². The van der Waals surface area contributed by atoms with E-state index in [0.717, 1.165) is 10.2 Å². The first-order valence-electron chi connectivity index (χ1n) is 9.12. The quantitative estimate of drug-likeness (QED) is 0.617. The second-order valence-corrected chi connectivity index (χ2v) is 6.65. The first-order chi connectivity index (χ1) is 13.9. The lowest BCUT2D eigenvalue weighted by Gasteiger charge is -2.13. The summed E-state index contributed by atoms with van der Waals surface area (Å²) in [7, 11) is 0. The number of carbonyl (C=O) groups excluding carboxylic acids is 2. The van der Waals surface area contributed by atoms with Gasteiger partial charge in [-0.05, 0) is 29.7 Å². The molecule has 0 aliphatic rings. The zero-order valence-electron chi connectivity index (χ0n) is 16.1. The molecule has 29 heavy (non-hydrogen) atoms. The van der Waals surface area contributed by atoms with Crippen molar-refractivity contribution in [2.24, 2.45) is 0 Å². The second kappa shape index (κ2) is 9.01. The van der Waals surface area contributed by atoms with E-state index >= 15 is 0 Å². The van der Waals surface area contributed by atoms with Gasteiger partial charge in [-0.25, -0.2) is 4.79 Å². The summed E-state index contributed by atoms with van der Waals surface area (Å²) in [6, 6.07) is 16.3. The van der Waals surface area contributed by atoms with Crippen LogP contribution in [0.5, 0.6) is 0 Å². The summed E-state index contributed by atoms with van der Waals surface area (Å²) in [6.07, 6.45) is 0. The summed E-state index contributed by atoms with van der Waals surface area (Å²) in [5, 5.41) is 6.71. The zero-order chi connectivity index (χ0) is 20.8. The van der Waals surface area contributed by atoms with Crippen molar-refractivity contribution in [1.29, 1.82) is 0 Å². The number of esters is 1. The van der Waals surface area contributed by atoms with Crippen molar-refractivity contribution in [3.8, 4) is 11.5 Å². The minimum Gasteiger partial charge on any atom is -0.454 e. The molecule has 1 heterocycles. The highest BCUT2D eigenvalue weighted by Gasteiger charge is 2.15. The molecule has 0 aliphatic carbocycles. The van der Waals surface area contributed by atoms with Crippen LogP contribution in [0.15, 0.2) is 63.8 Å². The van der Waals surface area contributed by atoms with E-state index < -0.39 is 30.8 Å². The van der Waals surface area contributed by atoms with Crippen LogP contribution in [0.3, 0.4) is 0 Å². The van der Waals surface area contributed by atoms with E-state index in [0.29, 0.717) is 11.3 Å². The average Bonchev–Trinajstić information content (AvgIpc) is 3.07. The van der Waals surface area contributed by atoms with Gasteiger partial charge < -0.3 is 14.5 Å². The van der Waals surface area contributed by atoms with Gasteiger partial charge in [0.05, 0.1) is 0 Å². The molecule has 0 radical (unpaired) electrons. The fourth-order valence-corrected chi connectivity index (χ4v) is 2.72. The Balaban J connectivity index is 1.56. The monoisotopic (exact) mass is 395 g/mol. The van der Waals surface area contributed by atoms with Gasteiger partial charge in [0.15, 0.2) is 6.61 Å². The highest BCUT2D eigenvalue weighted by molar-refractivity contribution is 5.93. The molecule has 0 aliphatic heterocycles. The molecule has 0 bridgehead atoms. The smallest absolute Gasteiger partial charge is 0.437 e. The Morgan fingerprint density at radius 3 is 2.52 bits per heavy atom. The molecule has 0 saturated carbocycles. The molecule has 8 nitrogen and oxygen atoms in total. The molecule has 2 aromatic carbocycles. The Hall–Kier alpha value is -3.68. The average molecular weight is 395 g/mol. The maximum absolute atomic E-state index is 12.1. The number of ether oxygens (including phenoxy) is 1. The molecule has 0 atom stereocenters. The SMILES string of the molecule is CC(C)c1ccccc1NC(=O)COC(=O)Cn1nc(-c2ccccc2)oc1=O. The molecular formula is C21H21N3O5. The first kappa shape index (κ1) is 20.1. The fraction of sp³-hybridized carbons (Fsp3) is 0.238. The van der Waals surface area contributed by atoms with E-state index in [-0.39, 0.29) is 11.8 Å². The van der Waals surface area contributed by atoms with Crippen LogP contribution < -0.4 is 11.1 Å². The number of anilines is 1. The van der Waals surface area contributed by atoms with Crippen molar-refractivity contribution < 1.29 is 18.7 Å². The standard InChI is InChI=1S/C21H21N3O5/c1-14(2)16-10-6-7-11-17(16)22-18(25)13-28-19(26)12-24-21(27)29-20(23-24)15-8-4-3-5-9-15/h3-11,14H,12-13H2,1-2H3,(H,22,25). The summed E-state index contributed by atoms with van der Waals surface area (Å²) >= 11 is 0. The van der Waals surface area contributed by atoms with Gasteiger partial charge in [-0.1, -0.05) is 50.2 Å². The summed E-state index contributed by atoms with van der Waals surface area (Å²) < 4.78 is 10.9. The Morgan fingerprint density at radius 1 is 1.10 bits per heavy atom. The summed E-state index contributed by atoms with van der Waals surface area (Å²) in [4.78, 5) is 36.0. The normalized spacial score (nSPS) is 10.7. The third-order valence-electron chi connectivity index (χ3n) is 4.13. The van der Waals surface area contributed by atoms with Crippen molar-refractivity contribution >= 4 is 17.6 Å². The van der Waals surface area contributed by atoms with Crippen LogP contribution in [0.4, 0.5) is 5.69 Å². The first-order valence-corrected chi connectivity index (χ1v) is 9.12. The van der Waals surface area contributed by atoms with Crippen molar-refractivity contribution in [3.05, 3.63) is 70.7 Å². The van der Waals surface area contributed by atoms with E-state index in [9.17, 15) is 14.4 Å². The highest BCUT2D eigenvalue weighted by Crippen LogP contribution is 2.23. The van der Waals surface area contributed by atoms with Crippen LogP contribution in [-0.4, -0.2) is 28.3 Å². The molecule has 0 fully saturated rings. The predicted molar refractivity (Wildman–Crippen MR) is 106 cm³/mol. The number of carbonyl (C=O) groups is 2. The number of amides is 1. The highest BCUT2D eigenvalue weighted by atomic mass is 16.5. The van der Waals surface area contributed by atoms with Gasteiger partial charge in [-0.3, -0.25) is 9.59 Å². The van der Waals surface area contributed by atoms with E-state index in [1.165, 1.54) is 0 Å². The van der Waals surface area contributed by atoms with Crippen LogP contribution in [0.2, 0.25) is 0 Å². The molecule has 1 N–H and O–H groups in total. The van der Waals surface area contributed by atoms with Crippen molar-refractivity contribution in [2.45, 2.75) is 26.3 Å². The lowest BCUT2D eigenvalue weighted by atomic mass is 10.0. The second-order valence-electron chi connectivity index (χ2n) is 6.65. The predicted octanol–water partition coefficient (Wildman–Crippen LogP) is 2.81. The number of aromatic nitrogens is 2. The van der Waals surface area contributed by atoms with E-state index in [4.69, 9.17) is 9.15 Å². The number of rotatable bonds is 7. The lowest BCUT2D eigenvalue weighted by molar-refractivity contribution is -0.148. The van der Waals surface area contributed by atoms with Crippen molar-refractivity contribution in [2.75, 3.05) is 11.9 Å². The molecule has 0 saturated heterocycles. The Morgan fingerprint density at radius 2 is 1.79 bits per heavy atom. The minimum absolute atomic E-state index is 0.103. The molecule has 0 unspecified atom stereocenters. The fourth-order valence-electron chi connectivity index (χ4n) is 2.72. The van der Waals surface area contributed by atoms with Gasteiger partial charge in [0, 0.05) is 11.3 Å². The van der Waals surface area contributed by atoms with E-state index in [1.54, 1.807) is 30.3 Å². The number of hydrogen-bond acceptors (Lipinski definition) is 6. The lowest BCUT2D eigenvalue weighted by Crippen LogP contribution is -2.26. The van der Waals surface area contributed by atoms with Crippen LogP contribution >= 0.6 is 0 Å². The Labute approximate surface area is 167 Å². The molecule has 3 rings (SSSR count). The largest absolute Gasteiger partial charge is 0.454 e. The number of hydrogen-bond donors (Lipinski definition) is 1. The summed E-state index contributed by atoms with van der Waals surface area (Å²) in [5.74, 6) is -1.69. The minimum atomic E-state index is -0.781. The molecule has 3 aromatic rings. The van der Waals surface area contributed by atoms with Gasteiger partial charge in [0.1, 0.15) is 6.54 Å². The summed E-state index contributed by atoms with van der Waals surface area (Å²) in [5.41, 5.74) is 2.26. The molecule has 8 heteroatoms. The molecule has 1 amide bonds. The number of nitrogens with one attached hydrogen (secondary N) is 1. The number of nitrogens with zero attached hydrogens (tertiary/aromatic N) is 2. The van der Waals surface area contributed by atoms with Crippen molar-refractivity contribution in [1.82, 2.24) is 9.78 Å². The van der Waals surface area contributed by atoms with E-state index in [2.05, 4.69) is 10.4 Å². The van der Waals surface area contributed by atoms with Crippen LogP contribution in [-0.2, 0) is 20.9 Å². The molecule has 0 spiro atoms. The van der Waals surface area contributed by atoms with Crippen molar-refractivity contribution in [3.63, 3.8) is 0 Å². The third kappa shape index (κ3) is 5.19. The van der Waals surface area contributed by atoms with Gasteiger partial charge in [0.2, 0.25) is 5.89 Å². The van der Waals surface area contributed by atoms with Crippen LogP contribution in [0.1, 0.15) is 25.3 Å². The zero-order valence-corrected chi connectivity index (χ0v) is 16.1. The maximum Gasteiger partial charge on any atom is 0.437 e. The van der Waals surface area contributed by atoms with E-state index in [1.807, 2.05) is 38.1 Å². The van der Waals surface area contributed by atoms with Gasteiger partial charge in [-0.15, -0.1) is 5.10 Å². The molecule has 150 valence electrons. The van der Waals surface area contributed by atoms with Gasteiger partial charge in [0.25, 0.3) is 5.91 Å². The van der Waals surface area contributed by atoms with Gasteiger partial charge >= 0.3 is 11.7 Å². The Kier molecular flexibility index (Phi) is 6.23.